The number of ketones is 1. The highest BCUT2D eigenvalue weighted by Crippen LogP contribution is 2.43. The molecule has 2 aromatic rings. The molecular formula is C22H24ClNO3. The summed E-state index contributed by atoms with van der Waals surface area (Å²) in [5, 5.41) is 3.61. The third-order valence-corrected chi connectivity index (χ3v) is 5.72. The number of fused-ring (bicyclic) bond motifs is 1. The molecule has 2 aromatic carbocycles. The zero-order chi connectivity index (χ0) is 19.6. The molecule has 0 saturated carbocycles. The summed E-state index contributed by atoms with van der Waals surface area (Å²) in [6.45, 7) is 4.13. The molecule has 5 heteroatoms. The van der Waals surface area contributed by atoms with E-state index in [2.05, 4.69) is 19.2 Å². The largest absolute Gasteiger partial charge is 0.497 e. The summed E-state index contributed by atoms with van der Waals surface area (Å²) in [5.74, 6) is 0.403. The predicted octanol–water partition coefficient (Wildman–Crippen LogP) is 5.32. The number of hydrogen-bond acceptors (Lipinski definition) is 3. The molecule has 0 radical (unpaired) electrons. The fraction of sp³-hybridized carbons (Fsp3) is 0.364. The standard InChI is InChI=1S/C22H24ClNO3/c1-4-13(2)21(22(26)24-15-7-5-14(23)6-8-15)19-12-20(25)17-10-9-16(27-3)11-18(17)19/h5-11,13,19,21H,4,12H2,1-3H3,(H,24,26). The van der Waals surface area contributed by atoms with Crippen molar-refractivity contribution in [2.75, 3.05) is 12.4 Å². The van der Waals surface area contributed by atoms with Crippen LogP contribution in [0.25, 0.3) is 0 Å². The fourth-order valence-corrected chi connectivity index (χ4v) is 3.95. The Labute approximate surface area is 164 Å². The predicted molar refractivity (Wildman–Crippen MR) is 108 cm³/mol. The van der Waals surface area contributed by atoms with Crippen molar-refractivity contribution in [3.8, 4) is 5.75 Å². The van der Waals surface area contributed by atoms with Gasteiger partial charge in [0.2, 0.25) is 5.91 Å². The monoisotopic (exact) mass is 385 g/mol. The summed E-state index contributed by atoms with van der Waals surface area (Å²) in [7, 11) is 1.60. The van der Waals surface area contributed by atoms with Gasteiger partial charge in [-0.25, -0.2) is 0 Å². The van der Waals surface area contributed by atoms with Crippen molar-refractivity contribution in [1.82, 2.24) is 0 Å². The van der Waals surface area contributed by atoms with Crippen molar-refractivity contribution in [2.45, 2.75) is 32.6 Å². The summed E-state index contributed by atoms with van der Waals surface area (Å²) in [6, 6.07) is 12.6. The molecule has 0 fully saturated rings. The van der Waals surface area contributed by atoms with Gasteiger partial charge in [0.15, 0.2) is 5.78 Å². The molecule has 0 aromatic heterocycles. The van der Waals surface area contributed by atoms with E-state index in [0.717, 1.165) is 12.0 Å². The van der Waals surface area contributed by atoms with Gasteiger partial charge in [0.25, 0.3) is 0 Å². The first-order valence-corrected chi connectivity index (χ1v) is 9.60. The summed E-state index contributed by atoms with van der Waals surface area (Å²) >= 11 is 5.93. The first-order valence-electron chi connectivity index (χ1n) is 9.22. The third kappa shape index (κ3) is 4.01. The van der Waals surface area contributed by atoms with Gasteiger partial charge in [0, 0.05) is 34.5 Å². The maximum Gasteiger partial charge on any atom is 0.228 e. The molecule has 27 heavy (non-hydrogen) atoms. The Bertz CT molecular complexity index is 847. The van der Waals surface area contributed by atoms with Gasteiger partial charge in [-0.3, -0.25) is 9.59 Å². The molecule has 3 rings (SSSR count). The Morgan fingerprint density at radius 3 is 2.59 bits per heavy atom. The highest BCUT2D eigenvalue weighted by atomic mass is 35.5. The lowest BCUT2D eigenvalue weighted by Crippen LogP contribution is -2.32. The fourth-order valence-electron chi connectivity index (χ4n) is 3.82. The van der Waals surface area contributed by atoms with Crippen molar-refractivity contribution in [3.63, 3.8) is 0 Å². The lowest BCUT2D eigenvalue weighted by molar-refractivity contribution is -0.122. The van der Waals surface area contributed by atoms with Gasteiger partial charge >= 0.3 is 0 Å². The van der Waals surface area contributed by atoms with Crippen LogP contribution in [-0.4, -0.2) is 18.8 Å². The van der Waals surface area contributed by atoms with Crippen molar-refractivity contribution in [2.24, 2.45) is 11.8 Å². The topological polar surface area (TPSA) is 55.4 Å². The van der Waals surface area contributed by atoms with Crippen LogP contribution in [-0.2, 0) is 4.79 Å². The zero-order valence-corrected chi connectivity index (χ0v) is 16.5. The molecule has 1 N–H and O–H groups in total. The van der Waals surface area contributed by atoms with Crippen LogP contribution >= 0.6 is 11.6 Å². The minimum atomic E-state index is -0.303. The Balaban J connectivity index is 1.93. The first kappa shape index (κ1) is 19.4. The number of ether oxygens (including phenoxy) is 1. The molecule has 3 unspecified atom stereocenters. The molecule has 1 aliphatic carbocycles. The van der Waals surface area contributed by atoms with E-state index in [1.54, 1.807) is 43.5 Å². The second kappa shape index (κ2) is 8.13. The number of halogens is 1. The Morgan fingerprint density at radius 1 is 1.26 bits per heavy atom. The number of anilines is 1. The molecule has 0 saturated heterocycles. The van der Waals surface area contributed by atoms with E-state index in [1.165, 1.54) is 0 Å². The number of benzene rings is 2. The number of nitrogens with one attached hydrogen (secondary N) is 1. The number of carbonyl (C=O) groups excluding carboxylic acids is 2. The SMILES string of the molecule is CCC(C)C(C(=O)Nc1ccc(Cl)cc1)C1CC(=O)c2ccc(OC)cc21. The summed E-state index contributed by atoms with van der Waals surface area (Å²) in [4.78, 5) is 25.7. The molecule has 1 amide bonds. The van der Waals surface area contributed by atoms with Crippen LogP contribution in [0.1, 0.15) is 48.5 Å². The first-order chi connectivity index (χ1) is 12.9. The number of methoxy groups -OCH3 is 1. The van der Waals surface area contributed by atoms with Crippen LogP contribution in [0.5, 0.6) is 5.75 Å². The van der Waals surface area contributed by atoms with E-state index >= 15 is 0 Å². The normalized spacial score (nSPS) is 17.9. The molecular weight excluding hydrogens is 362 g/mol. The van der Waals surface area contributed by atoms with Gasteiger partial charge in [-0.05, 0) is 53.9 Å². The Hall–Kier alpha value is -2.33. The summed E-state index contributed by atoms with van der Waals surface area (Å²) in [5.41, 5.74) is 2.32. The average molecular weight is 386 g/mol. The maximum atomic E-state index is 13.2. The van der Waals surface area contributed by atoms with Crippen molar-refractivity contribution in [1.29, 1.82) is 0 Å². The van der Waals surface area contributed by atoms with Crippen LogP contribution in [0.2, 0.25) is 5.02 Å². The van der Waals surface area contributed by atoms with Crippen molar-refractivity contribution in [3.05, 3.63) is 58.6 Å². The number of carbonyl (C=O) groups is 2. The molecule has 1 aliphatic rings. The van der Waals surface area contributed by atoms with Crippen molar-refractivity contribution >= 4 is 29.0 Å². The Kier molecular flexibility index (Phi) is 5.85. The minimum absolute atomic E-state index is 0.0693. The number of amides is 1. The second-order valence-corrected chi connectivity index (χ2v) is 7.53. The van der Waals surface area contributed by atoms with E-state index in [-0.39, 0.29) is 29.4 Å². The number of hydrogen-bond donors (Lipinski definition) is 1. The van der Waals surface area contributed by atoms with Gasteiger partial charge in [0.05, 0.1) is 7.11 Å². The quantitative estimate of drug-likeness (QED) is 0.732. The maximum absolute atomic E-state index is 13.2. The van der Waals surface area contributed by atoms with E-state index in [1.807, 2.05) is 6.07 Å². The third-order valence-electron chi connectivity index (χ3n) is 5.47. The molecule has 0 heterocycles. The lowest BCUT2D eigenvalue weighted by atomic mass is 9.77. The van der Waals surface area contributed by atoms with E-state index in [0.29, 0.717) is 28.4 Å². The molecule has 3 atom stereocenters. The minimum Gasteiger partial charge on any atom is -0.497 e. The highest BCUT2D eigenvalue weighted by Gasteiger charge is 2.40. The highest BCUT2D eigenvalue weighted by molar-refractivity contribution is 6.30. The van der Waals surface area contributed by atoms with Crippen LogP contribution in [0.3, 0.4) is 0 Å². The molecule has 142 valence electrons. The second-order valence-electron chi connectivity index (χ2n) is 7.09. The van der Waals surface area contributed by atoms with Gasteiger partial charge in [-0.1, -0.05) is 31.9 Å². The molecule has 0 spiro atoms. The number of Topliss-reactive ketones (excluding diaryl/α,β-unsaturated/α-hetero) is 1. The zero-order valence-electron chi connectivity index (χ0n) is 15.8. The van der Waals surface area contributed by atoms with E-state index in [4.69, 9.17) is 16.3 Å². The molecule has 0 aliphatic heterocycles. The van der Waals surface area contributed by atoms with Crippen LogP contribution in [0, 0.1) is 11.8 Å². The van der Waals surface area contributed by atoms with Gasteiger partial charge < -0.3 is 10.1 Å². The van der Waals surface area contributed by atoms with Crippen LogP contribution in [0.4, 0.5) is 5.69 Å². The number of rotatable bonds is 6. The van der Waals surface area contributed by atoms with Gasteiger partial charge in [-0.15, -0.1) is 0 Å². The Morgan fingerprint density at radius 2 is 1.96 bits per heavy atom. The lowest BCUT2D eigenvalue weighted by Gasteiger charge is -2.28. The summed E-state index contributed by atoms with van der Waals surface area (Å²) in [6.07, 6.45) is 1.20. The van der Waals surface area contributed by atoms with Crippen LogP contribution < -0.4 is 10.1 Å². The molecule has 4 nitrogen and oxygen atoms in total. The smallest absolute Gasteiger partial charge is 0.228 e. The van der Waals surface area contributed by atoms with Crippen LogP contribution in [0.15, 0.2) is 42.5 Å². The van der Waals surface area contributed by atoms with E-state index in [9.17, 15) is 9.59 Å². The van der Waals surface area contributed by atoms with Gasteiger partial charge in [0.1, 0.15) is 5.75 Å². The van der Waals surface area contributed by atoms with Crippen molar-refractivity contribution < 1.29 is 14.3 Å². The average Bonchev–Trinajstić information content (AvgIpc) is 2.99. The van der Waals surface area contributed by atoms with E-state index < -0.39 is 0 Å². The summed E-state index contributed by atoms with van der Waals surface area (Å²) < 4.78 is 5.33. The van der Waals surface area contributed by atoms with Gasteiger partial charge in [-0.2, -0.15) is 0 Å². The molecule has 0 bridgehead atoms.